The topological polar surface area (TPSA) is 99.1 Å². The molecule has 0 saturated heterocycles. The molecule has 2 aliphatic heterocycles. The van der Waals surface area contributed by atoms with Gasteiger partial charge in [0.15, 0.2) is 17.8 Å². The second-order valence-electron chi connectivity index (χ2n) is 3.07. The highest BCUT2D eigenvalue weighted by molar-refractivity contribution is 6.31. The number of carbonyl (C=O) groups is 3. The van der Waals surface area contributed by atoms with E-state index in [2.05, 4.69) is 9.47 Å². The minimum atomic E-state index is -1.30. The summed E-state index contributed by atoms with van der Waals surface area (Å²) in [5, 5.41) is 9.65. The van der Waals surface area contributed by atoms with Crippen LogP contribution in [-0.2, 0) is 9.59 Å². The van der Waals surface area contributed by atoms with Gasteiger partial charge in [-0.15, -0.1) is 0 Å². The molecule has 0 aromatic heterocycles. The first-order chi connectivity index (χ1) is 8.08. The Balaban J connectivity index is 2.76. The fraction of sp³-hybridized carbons (Fsp3) is 0.100. The number of rotatable bonds is 2. The summed E-state index contributed by atoms with van der Waals surface area (Å²) in [7, 11) is 1.20. The summed E-state index contributed by atoms with van der Waals surface area (Å²) >= 11 is 0. The van der Waals surface area contributed by atoms with E-state index in [1.54, 1.807) is 0 Å². The standard InChI is InChI=1S/C10H6O7/c1-15-8-6(12)5-2-4(3-11)7(8)17-10(14)9(13)16-5/h2-3,12H,1H3. The minimum Gasteiger partial charge on any atom is -0.502 e. The number of esters is 2. The van der Waals surface area contributed by atoms with Crippen molar-refractivity contribution in [1.82, 2.24) is 0 Å². The molecule has 1 aromatic carbocycles. The van der Waals surface area contributed by atoms with Gasteiger partial charge < -0.3 is 19.3 Å². The summed E-state index contributed by atoms with van der Waals surface area (Å²) in [4.78, 5) is 33.0. The molecule has 2 aliphatic rings. The van der Waals surface area contributed by atoms with Gasteiger partial charge in [-0.2, -0.15) is 0 Å². The molecule has 0 aliphatic carbocycles. The quantitative estimate of drug-likeness (QED) is 0.336. The number of hydrogen-bond acceptors (Lipinski definition) is 7. The van der Waals surface area contributed by atoms with Gasteiger partial charge in [-0.1, -0.05) is 0 Å². The molecule has 0 fully saturated rings. The average molecular weight is 238 g/mol. The van der Waals surface area contributed by atoms with E-state index in [0.29, 0.717) is 6.29 Å². The molecule has 2 heterocycles. The second kappa shape index (κ2) is 3.78. The maximum absolute atomic E-state index is 11.2. The van der Waals surface area contributed by atoms with E-state index in [1.807, 2.05) is 0 Å². The zero-order chi connectivity index (χ0) is 12.6. The van der Waals surface area contributed by atoms with Crippen molar-refractivity contribution in [2.45, 2.75) is 0 Å². The number of ether oxygens (including phenoxy) is 3. The van der Waals surface area contributed by atoms with Crippen molar-refractivity contribution in [2.24, 2.45) is 0 Å². The Hall–Kier alpha value is -2.57. The Morgan fingerprint density at radius 1 is 1.29 bits per heavy atom. The van der Waals surface area contributed by atoms with E-state index >= 15 is 0 Å². The highest BCUT2D eigenvalue weighted by atomic mass is 16.6. The first kappa shape index (κ1) is 10.9. The number of fused-ring (bicyclic) bond motifs is 5. The molecule has 7 heteroatoms. The number of carbonyl (C=O) groups excluding carboxylic acids is 3. The lowest BCUT2D eigenvalue weighted by molar-refractivity contribution is -0.156. The second-order valence-corrected chi connectivity index (χ2v) is 3.07. The Morgan fingerprint density at radius 2 is 1.94 bits per heavy atom. The summed E-state index contributed by atoms with van der Waals surface area (Å²) < 4.78 is 13.9. The summed E-state index contributed by atoms with van der Waals surface area (Å²) in [6.45, 7) is 0. The average Bonchev–Trinajstić information content (AvgIpc) is 2.31. The van der Waals surface area contributed by atoms with Gasteiger partial charge in [-0.05, 0) is 6.07 Å². The van der Waals surface area contributed by atoms with Crippen LogP contribution < -0.4 is 14.2 Å². The first-order valence-electron chi connectivity index (χ1n) is 4.41. The van der Waals surface area contributed by atoms with Crippen LogP contribution in [0.25, 0.3) is 0 Å². The highest BCUT2D eigenvalue weighted by Gasteiger charge is 2.31. The largest absolute Gasteiger partial charge is 0.502 e. The van der Waals surface area contributed by atoms with Crippen molar-refractivity contribution >= 4 is 18.2 Å². The van der Waals surface area contributed by atoms with Crippen LogP contribution >= 0.6 is 0 Å². The molecule has 0 radical (unpaired) electrons. The molecule has 0 amide bonds. The molecular weight excluding hydrogens is 232 g/mol. The molecule has 0 unspecified atom stereocenters. The summed E-state index contributed by atoms with van der Waals surface area (Å²) in [6.07, 6.45) is 0.382. The van der Waals surface area contributed by atoms with Crippen molar-refractivity contribution in [3.05, 3.63) is 11.6 Å². The van der Waals surface area contributed by atoms with Crippen LogP contribution in [0.2, 0.25) is 0 Å². The number of phenolic OH excluding ortho intramolecular Hbond substituents is 1. The van der Waals surface area contributed by atoms with Crippen LogP contribution in [0.5, 0.6) is 23.0 Å². The predicted octanol–water partition coefficient (Wildman–Crippen LogP) is 0.0377. The van der Waals surface area contributed by atoms with Gasteiger partial charge in [-0.3, -0.25) is 4.79 Å². The zero-order valence-corrected chi connectivity index (χ0v) is 8.55. The fourth-order valence-corrected chi connectivity index (χ4v) is 1.36. The monoisotopic (exact) mass is 238 g/mol. The lowest BCUT2D eigenvalue weighted by atomic mass is 10.1. The maximum Gasteiger partial charge on any atom is 0.423 e. The molecule has 17 heavy (non-hydrogen) atoms. The Bertz CT molecular complexity index is 532. The van der Waals surface area contributed by atoms with Crippen LogP contribution in [0.1, 0.15) is 10.4 Å². The lowest BCUT2D eigenvalue weighted by Gasteiger charge is -2.17. The Labute approximate surface area is 94.5 Å². The molecule has 2 bridgehead atoms. The SMILES string of the molecule is COc1c(O)c2cc(C=O)c1OC(=O)C(=O)O2. The minimum absolute atomic E-state index is 0.0736. The summed E-state index contributed by atoms with van der Waals surface area (Å²) in [5.41, 5.74) is -0.0736. The van der Waals surface area contributed by atoms with Gasteiger partial charge in [0.1, 0.15) is 0 Å². The highest BCUT2D eigenvalue weighted by Crippen LogP contribution is 2.46. The number of aromatic hydroxyl groups is 1. The molecule has 7 nitrogen and oxygen atoms in total. The van der Waals surface area contributed by atoms with E-state index in [9.17, 15) is 19.5 Å². The number of hydrogen-bond donors (Lipinski definition) is 1. The number of aldehydes is 1. The number of methoxy groups -OCH3 is 1. The maximum atomic E-state index is 11.2. The number of benzene rings is 1. The van der Waals surface area contributed by atoms with Gasteiger partial charge in [0.05, 0.1) is 12.7 Å². The molecule has 1 N–H and O–H groups in total. The Morgan fingerprint density at radius 3 is 2.53 bits per heavy atom. The van der Waals surface area contributed by atoms with E-state index in [-0.39, 0.29) is 22.8 Å². The van der Waals surface area contributed by atoms with Crippen LogP contribution in [0.3, 0.4) is 0 Å². The zero-order valence-electron chi connectivity index (χ0n) is 8.55. The molecular formula is C10H6O7. The van der Waals surface area contributed by atoms with Crippen LogP contribution in [0.4, 0.5) is 0 Å². The predicted molar refractivity (Wildman–Crippen MR) is 51.3 cm³/mol. The lowest BCUT2D eigenvalue weighted by Crippen LogP contribution is -2.28. The van der Waals surface area contributed by atoms with E-state index in [4.69, 9.17) is 4.74 Å². The molecule has 1 aromatic rings. The van der Waals surface area contributed by atoms with E-state index in [1.165, 1.54) is 7.11 Å². The fourth-order valence-electron chi connectivity index (χ4n) is 1.36. The molecule has 0 saturated carbocycles. The van der Waals surface area contributed by atoms with Crippen molar-refractivity contribution < 1.29 is 33.7 Å². The third-order valence-electron chi connectivity index (χ3n) is 2.10. The van der Waals surface area contributed by atoms with Gasteiger partial charge >= 0.3 is 11.9 Å². The van der Waals surface area contributed by atoms with Gasteiger partial charge in [0.25, 0.3) is 0 Å². The summed E-state index contributed by atoms with van der Waals surface area (Å²) in [6, 6.07) is 1.07. The van der Waals surface area contributed by atoms with Crippen molar-refractivity contribution in [2.75, 3.05) is 7.11 Å². The third kappa shape index (κ3) is 1.57. The van der Waals surface area contributed by atoms with Gasteiger partial charge in [0, 0.05) is 0 Å². The molecule has 0 spiro atoms. The molecule has 3 rings (SSSR count). The third-order valence-corrected chi connectivity index (χ3v) is 2.10. The molecule has 88 valence electrons. The van der Waals surface area contributed by atoms with E-state index in [0.717, 1.165) is 6.07 Å². The summed E-state index contributed by atoms with van der Waals surface area (Å²) in [5.74, 6) is -4.01. The van der Waals surface area contributed by atoms with Gasteiger partial charge in [-0.25, -0.2) is 9.59 Å². The first-order valence-corrected chi connectivity index (χ1v) is 4.41. The normalized spacial score (nSPS) is 13.5. The van der Waals surface area contributed by atoms with Crippen LogP contribution in [-0.4, -0.2) is 30.4 Å². The van der Waals surface area contributed by atoms with Crippen molar-refractivity contribution in [3.8, 4) is 23.0 Å². The van der Waals surface area contributed by atoms with Gasteiger partial charge in [0.2, 0.25) is 11.5 Å². The van der Waals surface area contributed by atoms with Crippen molar-refractivity contribution in [3.63, 3.8) is 0 Å². The van der Waals surface area contributed by atoms with Crippen LogP contribution in [0.15, 0.2) is 6.07 Å². The number of phenols is 1. The van der Waals surface area contributed by atoms with Crippen molar-refractivity contribution in [1.29, 1.82) is 0 Å². The van der Waals surface area contributed by atoms with Crippen LogP contribution in [0, 0.1) is 0 Å². The smallest absolute Gasteiger partial charge is 0.423 e. The van der Waals surface area contributed by atoms with E-state index < -0.39 is 17.7 Å². The Kier molecular flexibility index (Phi) is 2.43. The molecule has 0 atom stereocenters.